The number of amides is 1. The Labute approximate surface area is 157 Å². The van der Waals surface area contributed by atoms with Crippen LogP contribution in [-0.2, 0) is 17.8 Å². The molecule has 134 valence electrons. The zero-order chi connectivity index (χ0) is 18.1. The number of nitrogens with zero attached hydrogens (tertiary/aromatic N) is 2. The molecule has 2 aromatic carbocycles. The van der Waals surface area contributed by atoms with Gasteiger partial charge in [-0.1, -0.05) is 12.1 Å². The molecule has 26 heavy (non-hydrogen) atoms. The Morgan fingerprint density at radius 3 is 2.96 bits per heavy atom. The molecule has 0 unspecified atom stereocenters. The largest absolute Gasteiger partial charge is 0.326 e. The first-order valence-corrected chi connectivity index (χ1v) is 9.95. The van der Waals surface area contributed by atoms with Crippen molar-refractivity contribution < 1.29 is 4.79 Å². The van der Waals surface area contributed by atoms with E-state index in [2.05, 4.69) is 52.5 Å². The first-order valence-electron chi connectivity index (χ1n) is 9.07. The van der Waals surface area contributed by atoms with Crippen LogP contribution in [-0.4, -0.2) is 22.3 Å². The Kier molecular flexibility index (Phi) is 4.74. The second kappa shape index (κ2) is 7.17. The van der Waals surface area contributed by atoms with E-state index < -0.39 is 0 Å². The van der Waals surface area contributed by atoms with Gasteiger partial charge in [-0.25, -0.2) is 4.98 Å². The molecule has 0 radical (unpaired) electrons. The predicted octanol–water partition coefficient (Wildman–Crippen LogP) is 4.76. The Morgan fingerprint density at radius 2 is 2.12 bits per heavy atom. The monoisotopic (exact) mass is 365 g/mol. The van der Waals surface area contributed by atoms with Crippen molar-refractivity contribution in [1.29, 1.82) is 0 Å². The number of hydrogen-bond acceptors (Lipinski definition) is 4. The van der Waals surface area contributed by atoms with E-state index >= 15 is 0 Å². The maximum Gasteiger partial charge on any atom is 0.221 e. The Hall–Kier alpha value is -2.24. The molecule has 1 N–H and O–H groups in total. The Balaban J connectivity index is 1.57. The highest BCUT2D eigenvalue weighted by molar-refractivity contribution is 7.16. The van der Waals surface area contributed by atoms with Gasteiger partial charge in [0.1, 0.15) is 0 Å². The lowest BCUT2D eigenvalue weighted by Gasteiger charge is -2.28. The van der Waals surface area contributed by atoms with Gasteiger partial charge in [0, 0.05) is 25.2 Å². The summed E-state index contributed by atoms with van der Waals surface area (Å²) < 4.78 is 1.24. The lowest BCUT2D eigenvalue weighted by Crippen LogP contribution is -2.26. The normalized spacial score (nSPS) is 16.1. The van der Waals surface area contributed by atoms with Gasteiger partial charge in [-0.3, -0.25) is 9.69 Å². The average molecular weight is 366 g/mol. The lowest BCUT2D eigenvalue weighted by molar-refractivity contribution is -0.114. The van der Waals surface area contributed by atoms with Crippen LogP contribution in [0.3, 0.4) is 0 Å². The number of thiazole rings is 1. The maximum atomic E-state index is 11.3. The maximum absolute atomic E-state index is 11.3. The third-order valence-corrected chi connectivity index (χ3v) is 5.99. The minimum Gasteiger partial charge on any atom is -0.326 e. The van der Waals surface area contributed by atoms with Gasteiger partial charge >= 0.3 is 0 Å². The highest BCUT2D eigenvalue weighted by Crippen LogP contribution is 2.30. The average Bonchev–Trinajstić information content (AvgIpc) is 2.99. The molecule has 3 aromatic rings. The number of rotatable bonds is 3. The summed E-state index contributed by atoms with van der Waals surface area (Å²) in [6.45, 7) is 5.84. The summed E-state index contributed by atoms with van der Waals surface area (Å²) in [5, 5.41) is 2.89. The van der Waals surface area contributed by atoms with Crippen molar-refractivity contribution in [2.45, 2.75) is 39.3 Å². The van der Waals surface area contributed by atoms with Gasteiger partial charge in [0.15, 0.2) is 0 Å². The van der Waals surface area contributed by atoms with Crippen molar-refractivity contribution in [3.8, 4) is 0 Å². The van der Waals surface area contributed by atoms with E-state index in [1.54, 1.807) is 18.3 Å². The molecule has 1 aliphatic rings. The quantitative estimate of drug-likeness (QED) is 0.727. The molecule has 1 aliphatic heterocycles. The van der Waals surface area contributed by atoms with Crippen LogP contribution in [0.2, 0.25) is 0 Å². The fourth-order valence-corrected chi connectivity index (χ4v) is 4.40. The van der Waals surface area contributed by atoms with Crippen molar-refractivity contribution in [1.82, 2.24) is 9.88 Å². The summed E-state index contributed by atoms with van der Waals surface area (Å²) in [6.07, 6.45) is 2.18. The minimum absolute atomic E-state index is 0.0220. The van der Waals surface area contributed by atoms with Gasteiger partial charge < -0.3 is 5.32 Å². The molecule has 0 saturated carbocycles. The van der Waals surface area contributed by atoms with Gasteiger partial charge in [0.2, 0.25) is 5.91 Å². The van der Waals surface area contributed by atoms with E-state index in [9.17, 15) is 4.79 Å². The lowest BCUT2D eigenvalue weighted by atomic mass is 10.0. The van der Waals surface area contributed by atoms with Crippen LogP contribution in [0.5, 0.6) is 0 Å². The van der Waals surface area contributed by atoms with Crippen molar-refractivity contribution in [3.63, 3.8) is 0 Å². The van der Waals surface area contributed by atoms with Crippen LogP contribution in [0.25, 0.3) is 10.2 Å². The zero-order valence-corrected chi connectivity index (χ0v) is 16.0. The molecule has 1 atom stereocenters. The van der Waals surface area contributed by atoms with E-state index in [0.29, 0.717) is 6.04 Å². The number of hydrogen-bond donors (Lipinski definition) is 1. The van der Waals surface area contributed by atoms with Gasteiger partial charge in [-0.05, 0) is 67.3 Å². The van der Waals surface area contributed by atoms with Crippen LogP contribution in [0.1, 0.15) is 43.0 Å². The summed E-state index contributed by atoms with van der Waals surface area (Å²) in [4.78, 5) is 18.3. The molecule has 0 fully saturated rings. The molecule has 0 spiro atoms. The molecular formula is C21H23N3OS. The zero-order valence-electron chi connectivity index (χ0n) is 15.2. The van der Waals surface area contributed by atoms with Crippen molar-refractivity contribution in [3.05, 3.63) is 58.6 Å². The molecule has 0 saturated heterocycles. The number of anilines is 1. The molecule has 2 heterocycles. The van der Waals surface area contributed by atoms with Crippen LogP contribution in [0, 0.1) is 0 Å². The van der Waals surface area contributed by atoms with Crippen molar-refractivity contribution >= 4 is 33.1 Å². The van der Waals surface area contributed by atoms with E-state index in [1.807, 2.05) is 11.6 Å². The fourth-order valence-electron chi connectivity index (χ4n) is 3.74. The number of carbonyl (C=O) groups excluding carboxylic acids is 1. The summed E-state index contributed by atoms with van der Waals surface area (Å²) in [5.74, 6) is -0.0220. The van der Waals surface area contributed by atoms with E-state index in [0.717, 1.165) is 37.1 Å². The van der Waals surface area contributed by atoms with Crippen LogP contribution >= 0.6 is 11.3 Å². The van der Waals surface area contributed by atoms with Crippen molar-refractivity contribution in [2.24, 2.45) is 0 Å². The molecule has 5 heteroatoms. The fraction of sp³-hybridized carbons (Fsp3) is 0.333. The molecule has 1 aromatic heterocycles. The van der Waals surface area contributed by atoms with Crippen LogP contribution in [0.4, 0.5) is 5.69 Å². The minimum atomic E-state index is -0.0220. The van der Waals surface area contributed by atoms with Crippen LogP contribution < -0.4 is 5.32 Å². The van der Waals surface area contributed by atoms with Gasteiger partial charge in [0.25, 0.3) is 0 Å². The second-order valence-electron chi connectivity index (χ2n) is 6.99. The molecule has 1 amide bonds. The first-order chi connectivity index (χ1) is 12.6. The number of aromatic nitrogens is 1. The number of nitrogens with one attached hydrogen (secondary N) is 1. The van der Waals surface area contributed by atoms with Crippen LogP contribution in [0.15, 0.2) is 41.9 Å². The SMILES string of the molecule is CC(=O)Nc1ccc2c(c1)CCCN([C@@H](C)c1ccc3scnc3c1)C2. The molecule has 0 aliphatic carbocycles. The van der Waals surface area contributed by atoms with E-state index in [1.165, 1.54) is 21.4 Å². The van der Waals surface area contributed by atoms with Gasteiger partial charge in [-0.15, -0.1) is 11.3 Å². The number of carbonyl (C=O) groups is 1. The van der Waals surface area contributed by atoms with E-state index in [4.69, 9.17) is 0 Å². The Morgan fingerprint density at radius 1 is 1.23 bits per heavy atom. The molecule has 4 rings (SSSR count). The molecule has 0 bridgehead atoms. The predicted molar refractivity (Wildman–Crippen MR) is 108 cm³/mol. The standard InChI is InChI=1S/C21H23N3OS/c1-14(16-6-8-21-20(11-16)22-13-26-21)24-9-3-4-17-10-19(23-15(2)25)7-5-18(17)12-24/h5-8,10-11,13-14H,3-4,9,12H2,1-2H3,(H,23,25)/t14-/m0/s1. The first kappa shape index (κ1) is 17.2. The summed E-state index contributed by atoms with van der Waals surface area (Å²) in [7, 11) is 0. The summed E-state index contributed by atoms with van der Waals surface area (Å²) >= 11 is 1.69. The Bertz CT molecular complexity index is 949. The number of aryl methyl sites for hydroxylation is 1. The third-order valence-electron chi connectivity index (χ3n) is 5.18. The smallest absolute Gasteiger partial charge is 0.221 e. The van der Waals surface area contributed by atoms with Gasteiger partial charge in [-0.2, -0.15) is 0 Å². The highest BCUT2D eigenvalue weighted by Gasteiger charge is 2.21. The van der Waals surface area contributed by atoms with Gasteiger partial charge in [0.05, 0.1) is 15.7 Å². The molecular weight excluding hydrogens is 342 g/mol. The summed E-state index contributed by atoms with van der Waals surface area (Å²) in [6, 6.07) is 13.3. The highest BCUT2D eigenvalue weighted by atomic mass is 32.1. The van der Waals surface area contributed by atoms with E-state index in [-0.39, 0.29) is 5.91 Å². The second-order valence-corrected chi connectivity index (χ2v) is 7.88. The molecule has 4 nitrogen and oxygen atoms in total. The number of fused-ring (bicyclic) bond motifs is 2. The van der Waals surface area contributed by atoms with Crippen molar-refractivity contribution in [2.75, 3.05) is 11.9 Å². The third kappa shape index (κ3) is 3.50. The topological polar surface area (TPSA) is 45.2 Å². The number of benzene rings is 2. The summed E-state index contributed by atoms with van der Waals surface area (Å²) in [5.41, 5.74) is 7.93.